The third-order valence-corrected chi connectivity index (χ3v) is 3.01. The van der Waals surface area contributed by atoms with Crippen LogP contribution in [0.5, 0.6) is 5.75 Å². The molecule has 0 spiro atoms. The van der Waals surface area contributed by atoms with Gasteiger partial charge in [-0.3, -0.25) is 9.59 Å². The first-order chi connectivity index (χ1) is 8.52. The molecule has 0 aliphatic heterocycles. The Balaban J connectivity index is 2.58. The number of nitrogens with one attached hydrogen (secondary N) is 2. The standard InChI is InChI=1S/C11H14IN3O3/c12-15-9(11(18)14-6-10(13)17)5-7-1-3-8(16)4-2-7/h1-4,9,15-16H,5-6H2,(H2,13,17)(H,14,18)/t9-/m0/s1. The zero-order chi connectivity index (χ0) is 13.5. The summed E-state index contributed by atoms with van der Waals surface area (Å²) in [6, 6.07) is 6.12. The van der Waals surface area contributed by atoms with E-state index in [1.165, 1.54) is 0 Å². The Morgan fingerprint density at radius 3 is 2.44 bits per heavy atom. The molecule has 0 aliphatic rings. The molecule has 1 aromatic carbocycles. The fraction of sp³-hybridized carbons (Fsp3) is 0.273. The van der Waals surface area contributed by atoms with Crippen LogP contribution in [0.15, 0.2) is 24.3 Å². The first kappa shape index (κ1) is 14.7. The third-order valence-electron chi connectivity index (χ3n) is 2.26. The van der Waals surface area contributed by atoms with Gasteiger partial charge in [-0.1, -0.05) is 12.1 Å². The molecule has 18 heavy (non-hydrogen) atoms. The lowest BCUT2D eigenvalue weighted by Gasteiger charge is -2.14. The van der Waals surface area contributed by atoms with Gasteiger partial charge in [0.25, 0.3) is 0 Å². The number of nitrogens with two attached hydrogens (primary N) is 1. The van der Waals surface area contributed by atoms with Crippen LogP contribution in [-0.4, -0.2) is 29.5 Å². The number of rotatable bonds is 6. The van der Waals surface area contributed by atoms with Crippen molar-refractivity contribution in [2.24, 2.45) is 5.73 Å². The lowest BCUT2D eigenvalue weighted by atomic mass is 10.1. The third kappa shape index (κ3) is 4.88. The first-order valence-electron chi connectivity index (χ1n) is 5.23. The molecule has 0 saturated carbocycles. The van der Waals surface area contributed by atoms with E-state index in [0.717, 1.165) is 5.56 Å². The van der Waals surface area contributed by atoms with Gasteiger partial charge in [0.05, 0.1) is 12.6 Å². The zero-order valence-corrected chi connectivity index (χ0v) is 11.7. The fourth-order valence-electron chi connectivity index (χ4n) is 1.35. The van der Waals surface area contributed by atoms with Gasteiger partial charge < -0.3 is 16.2 Å². The van der Waals surface area contributed by atoms with E-state index in [0.29, 0.717) is 6.42 Å². The number of benzene rings is 1. The minimum atomic E-state index is -0.583. The Labute approximate surface area is 118 Å². The number of amides is 2. The Hall–Kier alpha value is -1.35. The molecule has 0 bridgehead atoms. The van der Waals surface area contributed by atoms with Crippen LogP contribution in [0.4, 0.5) is 0 Å². The van der Waals surface area contributed by atoms with Gasteiger partial charge in [0.15, 0.2) is 0 Å². The Morgan fingerprint density at radius 1 is 1.33 bits per heavy atom. The molecule has 98 valence electrons. The Bertz CT molecular complexity index is 422. The topological polar surface area (TPSA) is 104 Å². The molecule has 1 aromatic rings. The first-order valence-corrected chi connectivity index (χ1v) is 6.31. The number of hydrogen-bond acceptors (Lipinski definition) is 4. The highest BCUT2D eigenvalue weighted by Crippen LogP contribution is 2.11. The molecule has 0 fully saturated rings. The van der Waals surface area contributed by atoms with Gasteiger partial charge in [0.2, 0.25) is 11.8 Å². The van der Waals surface area contributed by atoms with Gasteiger partial charge in [0, 0.05) is 22.9 Å². The van der Waals surface area contributed by atoms with Gasteiger partial charge in [0.1, 0.15) is 5.75 Å². The number of phenolic OH excluding ortho intramolecular Hbond substituents is 1. The van der Waals surface area contributed by atoms with Gasteiger partial charge in [-0.05, 0) is 24.1 Å². The van der Waals surface area contributed by atoms with Crippen LogP contribution in [0.1, 0.15) is 5.56 Å². The van der Waals surface area contributed by atoms with Crippen molar-refractivity contribution >= 4 is 34.7 Å². The lowest BCUT2D eigenvalue weighted by Crippen LogP contribution is -2.44. The van der Waals surface area contributed by atoms with E-state index in [2.05, 4.69) is 8.85 Å². The van der Waals surface area contributed by atoms with E-state index >= 15 is 0 Å². The molecule has 0 heterocycles. The second-order valence-corrected chi connectivity index (χ2v) is 4.34. The van der Waals surface area contributed by atoms with Crippen molar-refractivity contribution in [3.8, 4) is 5.75 Å². The van der Waals surface area contributed by atoms with Crippen molar-refractivity contribution in [1.82, 2.24) is 8.85 Å². The van der Waals surface area contributed by atoms with Crippen molar-refractivity contribution in [2.45, 2.75) is 12.5 Å². The van der Waals surface area contributed by atoms with Crippen LogP contribution < -0.4 is 14.6 Å². The summed E-state index contributed by atoms with van der Waals surface area (Å²) in [6.07, 6.45) is 0.452. The lowest BCUT2D eigenvalue weighted by molar-refractivity contribution is -0.125. The van der Waals surface area contributed by atoms with Crippen molar-refractivity contribution < 1.29 is 14.7 Å². The van der Waals surface area contributed by atoms with Crippen LogP contribution in [0.25, 0.3) is 0 Å². The molecule has 0 aliphatic carbocycles. The number of aromatic hydroxyl groups is 1. The van der Waals surface area contributed by atoms with E-state index in [4.69, 9.17) is 10.8 Å². The molecule has 0 saturated heterocycles. The predicted octanol–water partition coefficient (Wildman–Crippen LogP) is -0.156. The molecule has 5 N–H and O–H groups in total. The van der Waals surface area contributed by atoms with Crippen LogP contribution in [0, 0.1) is 0 Å². The summed E-state index contributed by atoms with van der Waals surface area (Å²) in [5, 5.41) is 11.6. The van der Waals surface area contributed by atoms with Crippen molar-refractivity contribution in [3.05, 3.63) is 29.8 Å². The van der Waals surface area contributed by atoms with Crippen LogP contribution in [0.3, 0.4) is 0 Å². The average Bonchev–Trinajstić information content (AvgIpc) is 2.35. The van der Waals surface area contributed by atoms with Gasteiger partial charge in [-0.25, -0.2) is 3.53 Å². The average molecular weight is 363 g/mol. The summed E-state index contributed by atoms with van der Waals surface area (Å²) in [6.45, 7) is -0.177. The summed E-state index contributed by atoms with van der Waals surface area (Å²) in [5.41, 5.74) is 5.85. The molecule has 1 atom stereocenters. The molecule has 0 radical (unpaired) electrons. The summed E-state index contributed by atoms with van der Waals surface area (Å²) in [4.78, 5) is 22.3. The van der Waals surface area contributed by atoms with Gasteiger partial charge in [-0.2, -0.15) is 0 Å². The van der Waals surface area contributed by atoms with Crippen molar-refractivity contribution in [3.63, 3.8) is 0 Å². The van der Waals surface area contributed by atoms with Crippen LogP contribution in [0.2, 0.25) is 0 Å². The van der Waals surface area contributed by atoms with E-state index in [9.17, 15) is 9.59 Å². The summed E-state index contributed by atoms with van der Waals surface area (Å²) in [5.74, 6) is -0.702. The maximum Gasteiger partial charge on any atom is 0.238 e. The summed E-state index contributed by atoms with van der Waals surface area (Å²) in [7, 11) is 0. The number of carbonyl (C=O) groups excluding carboxylic acids is 2. The van der Waals surface area contributed by atoms with Crippen LogP contribution >= 0.6 is 22.9 Å². The molecule has 0 aromatic heterocycles. The largest absolute Gasteiger partial charge is 0.508 e. The molecular weight excluding hydrogens is 349 g/mol. The number of phenols is 1. The number of carbonyl (C=O) groups is 2. The fourth-order valence-corrected chi connectivity index (χ4v) is 1.85. The second kappa shape index (κ2) is 7.17. The SMILES string of the molecule is NC(=O)CNC(=O)[C@H](Cc1ccc(O)cc1)NI. The van der Waals surface area contributed by atoms with Crippen molar-refractivity contribution in [2.75, 3.05) is 6.54 Å². The van der Waals surface area contributed by atoms with Crippen molar-refractivity contribution in [1.29, 1.82) is 0 Å². The maximum atomic E-state index is 11.7. The quantitative estimate of drug-likeness (QED) is 0.417. The molecule has 6 nitrogen and oxygen atoms in total. The summed E-state index contributed by atoms with van der Waals surface area (Å²) < 4.78 is 2.83. The highest BCUT2D eigenvalue weighted by molar-refractivity contribution is 14.1. The number of halogens is 1. The minimum Gasteiger partial charge on any atom is -0.508 e. The molecule has 7 heteroatoms. The smallest absolute Gasteiger partial charge is 0.238 e. The highest BCUT2D eigenvalue weighted by atomic mass is 127. The molecule has 0 unspecified atom stereocenters. The zero-order valence-electron chi connectivity index (χ0n) is 9.52. The normalized spacial score (nSPS) is 11.8. The van der Waals surface area contributed by atoms with E-state index < -0.39 is 11.9 Å². The Morgan fingerprint density at radius 2 is 1.94 bits per heavy atom. The summed E-state index contributed by atoms with van der Waals surface area (Å²) >= 11 is 1.88. The monoisotopic (exact) mass is 363 g/mol. The van der Waals surface area contributed by atoms with Gasteiger partial charge in [-0.15, -0.1) is 0 Å². The maximum absolute atomic E-state index is 11.7. The van der Waals surface area contributed by atoms with E-state index in [1.54, 1.807) is 24.3 Å². The number of hydrogen-bond donors (Lipinski definition) is 4. The number of primary amides is 1. The van der Waals surface area contributed by atoms with Crippen LogP contribution in [-0.2, 0) is 16.0 Å². The molecule has 2 amide bonds. The molecular formula is C11H14IN3O3. The molecule has 1 rings (SSSR count). The second-order valence-electron chi connectivity index (χ2n) is 3.72. The highest BCUT2D eigenvalue weighted by Gasteiger charge is 2.17. The minimum absolute atomic E-state index is 0.177. The predicted molar refractivity (Wildman–Crippen MR) is 75.0 cm³/mol. The van der Waals surface area contributed by atoms with Gasteiger partial charge >= 0.3 is 0 Å². The Kier molecular flexibility index (Phi) is 5.86. The van der Waals surface area contributed by atoms with E-state index in [-0.39, 0.29) is 18.2 Å². The van der Waals surface area contributed by atoms with E-state index in [1.807, 2.05) is 22.9 Å².